The molecule has 0 aliphatic carbocycles. The maximum atomic E-state index is 12.4. The van der Waals surface area contributed by atoms with Gasteiger partial charge in [-0.3, -0.25) is 10.1 Å². The van der Waals surface area contributed by atoms with Gasteiger partial charge in [0.15, 0.2) is 11.5 Å². The lowest BCUT2D eigenvalue weighted by atomic mass is 10.1. The lowest BCUT2D eigenvalue weighted by Gasteiger charge is -2.09. The number of aromatic nitrogens is 5. The monoisotopic (exact) mass is 440 g/mol. The van der Waals surface area contributed by atoms with Crippen molar-refractivity contribution in [2.24, 2.45) is 0 Å². The molecule has 2 aromatic carbocycles. The number of rotatable bonds is 5. The van der Waals surface area contributed by atoms with E-state index >= 15 is 0 Å². The Labute approximate surface area is 181 Å². The summed E-state index contributed by atoms with van der Waals surface area (Å²) in [5, 5.41) is 12.1. The fourth-order valence-electron chi connectivity index (χ4n) is 2.92. The topological polar surface area (TPSA) is 94.8 Å². The van der Waals surface area contributed by atoms with Crippen LogP contribution >= 0.6 is 23.1 Å². The molecule has 0 fully saturated rings. The van der Waals surface area contributed by atoms with E-state index in [9.17, 15) is 4.79 Å². The molecule has 152 valence electrons. The molecule has 1 N–H and O–H groups in total. The van der Waals surface area contributed by atoms with Crippen LogP contribution in [0.3, 0.4) is 0 Å². The third kappa shape index (κ3) is 3.89. The summed E-state index contributed by atoms with van der Waals surface area (Å²) < 4.78 is 11.3. The van der Waals surface area contributed by atoms with Crippen molar-refractivity contribution < 1.29 is 9.53 Å². The van der Waals surface area contributed by atoms with Gasteiger partial charge in [0, 0.05) is 22.1 Å². The Kier molecular flexibility index (Phi) is 5.47. The van der Waals surface area contributed by atoms with Gasteiger partial charge in [0.2, 0.25) is 5.13 Å². The number of hydrogen-bond donors (Lipinski definition) is 1. The van der Waals surface area contributed by atoms with Crippen LogP contribution in [0.1, 0.15) is 21.6 Å². The minimum absolute atomic E-state index is 0.245. The predicted molar refractivity (Wildman–Crippen MR) is 116 cm³/mol. The highest BCUT2D eigenvalue weighted by Gasteiger charge is 2.19. The van der Waals surface area contributed by atoms with Gasteiger partial charge in [-0.15, -0.1) is 5.10 Å². The maximum absolute atomic E-state index is 12.4. The number of aryl methyl sites for hydroxylation is 1. The molecule has 4 rings (SSSR count). The average molecular weight is 441 g/mol. The molecule has 2 heterocycles. The van der Waals surface area contributed by atoms with Crippen molar-refractivity contribution in [2.45, 2.75) is 13.8 Å². The van der Waals surface area contributed by atoms with Gasteiger partial charge >= 0.3 is 0 Å². The van der Waals surface area contributed by atoms with Gasteiger partial charge in [0.05, 0.1) is 12.8 Å². The number of amides is 1. The van der Waals surface area contributed by atoms with E-state index in [1.807, 2.05) is 32.0 Å². The first-order valence-corrected chi connectivity index (χ1v) is 10.1. The van der Waals surface area contributed by atoms with E-state index in [0.29, 0.717) is 44.4 Å². The lowest BCUT2D eigenvalue weighted by Crippen LogP contribution is -2.11. The van der Waals surface area contributed by atoms with E-state index in [-0.39, 0.29) is 5.91 Å². The van der Waals surface area contributed by atoms with Crippen LogP contribution < -0.4 is 10.1 Å². The standard InChI is InChI=1S/C20H17ClN6O2S/c1-11-5-4-6-13(9-11)19(28)23-20-22-18(25-30-20)17-12(2)27(26-24-17)15-10-14(21)7-8-16(15)29-3/h4-10H,1-3H3,(H,22,23,25,28). The number of anilines is 1. The number of hydrogen-bond acceptors (Lipinski definition) is 7. The molecule has 30 heavy (non-hydrogen) atoms. The quantitative estimate of drug-likeness (QED) is 0.496. The van der Waals surface area contributed by atoms with Crippen LogP contribution in [-0.2, 0) is 0 Å². The Morgan fingerprint density at radius 3 is 2.80 bits per heavy atom. The van der Waals surface area contributed by atoms with Crippen LogP contribution in [0.5, 0.6) is 5.75 Å². The van der Waals surface area contributed by atoms with Crippen LogP contribution in [0, 0.1) is 13.8 Å². The Balaban J connectivity index is 1.60. The van der Waals surface area contributed by atoms with Crippen molar-refractivity contribution >= 4 is 34.2 Å². The van der Waals surface area contributed by atoms with E-state index in [0.717, 1.165) is 17.1 Å². The smallest absolute Gasteiger partial charge is 0.257 e. The molecule has 0 atom stereocenters. The third-order valence-corrected chi connectivity index (χ3v) is 5.27. The molecule has 8 nitrogen and oxygen atoms in total. The fraction of sp³-hybridized carbons (Fsp3) is 0.150. The summed E-state index contributed by atoms with van der Waals surface area (Å²) in [6, 6.07) is 12.6. The van der Waals surface area contributed by atoms with Gasteiger partial charge < -0.3 is 4.74 Å². The van der Waals surface area contributed by atoms with Crippen molar-refractivity contribution in [3.05, 3.63) is 64.3 Å². The van der Waals surface area contributed by atoms with Crippen molar-refractivity contribution in [2.75, 3.05) is 12.4 Å². The predicted octanol–water partition coefficient (Wildman–Crippen LogP) is 4.32. The summed E-state index contributed by atoms with van der Waals surface area (Å²) in [7, 11) is 1.57. The SMILES string of the molecule is COc1ccc(Cl)cc1-n1nnc(-c2nsc(NC(=O)c3cccc(C)c3)n2)c1C. The van der Waals surface area contributed by atoms with Gasteiger partial charge in [-0.05, 0) is 44.2 Å². The molecular weight excluding hydrogens is 424 g/mol. The minimum atomic E-state index is -0.245. The van der Waals surface area contributed by atoms with E-state index < -0.39 is 0 Å². The fourth-order valence-corrected chi connectivity index (χ4v) is 3.65. The largest absolute Gasteiger partial charge is 0.494 e. The maximum Gasteiger partial charge on any atom is 0.257 e. The second-order valence-electron chi connectivity index (χ2n) is 6.50. The summed E-state index contributed by atoms with van der Waals surface area (Å²) >= 11 is 7.21. The molecule has 10 heteroatoms. The highest BCUT2D eigenvalue weighted by atomic mass is 35.5. The van der Waals surface area contributed by atoms with E-state index in [1.165, 1.54) is 0 Å². The Hall–Kier alpha value is -3.30. The normalized spacial score (nSPS) is 10.8. The van der Waals surface area contributed by atoms with Crippen LogP contribution in [-0.4, -0.2) is 37.4 Å². The number of methoxy groups -OCH3 is 1. The minimum Gasteiger partial charge on any atom is -0.494 e. The molecule has 1 amide bonds. The number of nitrogens with zero attached hydrogens (tertiary/aromatic N) is 5. The Bertz CT molecular complexity index is 1240. The zero-order chi connectivity index (χ0) is 21.3. The average Bonchev–Trinajstić information content (AvgIpc) is 3.34. The van der Waals surface area contributed by atoms with Crippen molar-refractivity contribution in [3.63, 3.8) is 0 Å². The van der Waals surface area contributed by atoms with Crippen molar-refractivity contribution in [1.82, 2.24) is 24.4 Å². The van der Waals surface area contributed by atoms with Crippen LogP contribution in [0.25, 0.3) is 17.2 Å². The van der Waals surface area contributed by atoms with Gasteiger partial charge in [-0.1, -0.05) is 34.5 Å². The zero-order valence-electron chi connectivity index (χ0n) is 16.4. The van der Waals surface area contributed by atoms with Gasteiger partial charge in [0.25, 0.3) is 5.91 Å². The molecule has 0 saturated carbocycles. The Morgan fingerprint density at radius 1 is 1.20 bits per heavy atom. The first-order chi connectivity index (χ1) is 14.5. The van der Waals surface area contributed by atoms with Gasteiger partial charge in [0.1, 0.15) is 11.4 Å². The van der Waals surface area contributed by atoms with E-state index in [1.54, 1.807) is 36.1 Å². The molecule has 0 bridgehead atoms. The second-order valence-corrected chi connectivity index (χ2v) is 7.69. The van der Waals surface area contributed by atoms with Gasteiger partial charge in [-0.25, -0.2) is 4.68 Å². The highest BCUT2D eigenvalue weighted by molar-refractivity contribution is 7.10. The lowest BCUT2D eigenvalue weighted by molar-refractivity contribution is 0.102. The zero-order valence-corrected chi connectivity index (χ0v) is 18.0. The molecule has 0 saturated heterocycles. The van der Waals surface area contributed by atoms with E-state index in [4.69, 9.17) is 16.3 Å². The van der Waals surface area contributed by atoms with Crippen LogP contribution in [0.2, 0.25) is 5.02 Å². The molecule has 0 aliphatic rings. The number of halogens is 1. The summed E-state index contributed by atoms with van der Waals surface area (Å²) in [6.45, 7) is 3.78. The van der Waals surface area contributed by atoms with E-state index in [2.05, 4.69) is 25.0 Å². The first kappa shape index (κ1) is 20.0. The highest BCUT2D eigenvalue weighted by Crippen LogP contribution is 2.29. The summed E-state index contributed by atoms with van der Waals surface area (Å²) in [5.41, 5.74) is 3.44. The number of carbonyl (C=O) groups excluding carboxylic acids is 1. The molecule has 2 aromatic heterocycles. The molecule has 0 aliphatic heterocycles. The summed E-state index contributed by atoms with van der Waals surface area (Å²) in [4.78, 5) is 16.8. The number of benzene rings is 2. The van der Waals surface area contributed by atoms with Crippen molar-refractivity contribution in [3.8, 4) is 23.0 Å². The molecule has 0 unspecified atom stereocenters. The van der Waals surface area contributed by atoms with Crippen LogP contribution in [0.4, 0.5) is 5.13 Å². The number of carbonyl (C=O) groups is 1. The van der Waals surface area contributed by atoms with Crippen LogP contribution in [0.15, 0.2) is 42.5 Å². The Morgan fingerprint density at radius 2 is 2.03 bits per heavy atom. The molecule has 0 spiro atoms. The summed E-state index contributed by atoms with van der Waals surface area (Å²) in [5.74, 6) is 0.742. The number of ether oxygens (including phenoxy) is 1. The molecule has 4 aromatic rings. The first-order valence-electron chi connectivity index (χ1n) is 8.94. The van der Waals surface area contributed by atoms with Gasteiger partial charge in [-0.2, -0.15) is 9.36 Å². The van der Waals surface area contributed by atoms with Crippen molar-refractivity contribution in [1.29, 1.82) is 0 Å². The summed E-state index contributed by atoms with van der Waals surface area (Å²) in [6.07, 6.45) is 0. The molecule has 0 radical (unpaired) electrons. The number of nitrogens with one attached hydrogen (secondary N) is 1. The second kappa shape index (κ2) is 8.21. The molecular formula is C20H17ClN6O2S. The third-order valence-electron chi connectivity index (χ3n) is 4.40.